The van der Waals surface area contributed by atoms with Gasteiger partial charge in [-0.3, -0.25) is 4.55 Å². The molecule has 0 aliphatic rings. The third-order valence-corrected chi connectivity index (χ3v) is 5.59. The Kier molecular flexibility index (Phi) is 17.0. The monoisotopic (exact) mass is 434 g/mol. The van der Waals surface area contributed by atoms with Crippen molar-refractivity contribution in [3.05, 3.63) is 12.2 Å². The molecule has 0 spiro atoms. The van der Waals surface area contributed by atoms with Crippen molar-refractivity contribution in [2.75, 3.05) is 0 Å². The van der Waals surface area contributed by atoms with Crippen molar-refractivity contribution in [3.8, 4) is 0 Å². The van der Waals surface area contributed by atoms with Crippen molar-refractivity contribution in [2.24, 2.45) is 5.92 Å². The Morgan fingerprint density at radius 2 is 1.28 bits per heavy atom. The number of hydrogen-bond donors (Lipinski definition) is 2. The van der Waals surface area contributed by atoms with E-state index in [1.165, 1.54) is 57.8 Å². The first-order valence-electron chi connectivity index (χ1n) is 11.7. The molecule has 0 saturated heterocycles. The Labute approximate surface area is 180 Å². The van der Waals surface area contributed by atoms with Gasteiger partial charge in [0.15, 0.2) is 5.79 Å². The minimum Gasteiger partial charge on any atom is -0.364 e. The van der Waals surface area contributed by atoms with Gasteiger partial charge in [-0.05, 0) is 38.0 Å². The fraction of sp³-hybridized carbons (Fsp3) is 0.913. The normalized spacial score (nSPS) is 14.7. The lowest BCUT2D eigenvalue weighted by Gasteiger charge is -2.27. The zero-order valence-electron chi connectivity index (χ0n) is 19.1. The van der Waals surface area contributed by atoms with Crippen LogP contribution in [-0.2, 0) is 14.6 Å². The van der Waals surface area contributed by atoms with Gasteiger partial charge in [-0.25, -0.2) is 4.18 Å². The molecule has 5 nitrogen and oxygen atoms in total. The summed E-state index contributed by atoms with van der Waals surface area (Å²) in [6, 6.07) is 0. The topological polar surface area (TPSA) is 83.8 Å². The summed E-state index contributed by atoms with van der Waals surface area (Å²) in [5, 5.41) is 10.4. The van der Waals surface area contributed by atoms with Crippen molar-refractivity contribution in [1.29, 1.82) is 0 Å². The van der Waals surface area contributed by atoms with Crippen LogP contribution in [0.15, 0.2) is 12.2 Å². The van der Waals surface area contributed by atoms with Crippen LogP contribution >= 0.6 is 0 Å². The molecular formula is C23H46O5S. The third-order valence-electron chi connectivity index (χ3n) is 5.07. The maximum atomic E-state index is 11.0. The third kappa shape index (κ3) is 20.6. The van der Waals surface area contributed by atoms with Gasteiger partial charge in [0.1, 0.15) is 0 Å². The van der Waals surface area contributed by atoms with E-state index in [2.05, 4.69) is 23.3 Å². The lowest BCUT2D eigenvalue weighted by atomic mass is 9.97. The molecule has 1 unspecified atom stereocenters. The van der Waals surface area contributed by atoms with Crippen molar-refractivity contribution >= 4 is 10.4 Å². The van der Waals surface area contributed by atoms with Crippen LogP contribution in [0.5, 0.6) is 0 Å². The lowest BCUT2D eigenvalue weighted by molar-refractivity contribution is -0.156. The van der Waals surface area contributed by atoms with Gasteiger partial charge in [0.2, 0.25) is 0 Å². The second kappa shape index (κ2) is 17.3. The van der Waals surface area contributed by atoms with Crippen molar-refractivity contribution in [3.63, 3.8) is 0 Å². The van der Waals surface area contributed by atoms with E-state index in [4.69, 9.17) is 4.55 Å². The maximum Gasteiger partial charge on any atom is 0.400 e. The van der Waals surface area contributed by atoms with Crippen molar-refractivity contribution < 1.29 is 22.3 Å². The van der Waals surface area contributed by atoms with E-state index >= 15 is 0 Å². The quantitative estimate of drug-likeness (QED) is 0.0935. The summed E-state index contributed by atoms with van der Waals surface area (Å²) in [5.41, 5.74) is 0. The predicted octanol–water partition coefficient (Wildman–Crippen LogP) is 6.97. The van der Waals surface area contributed by atoms with Crippen LogP contribution in [0, 0.1) is 5.92 Å². The Hall–Kier alpha value is -0.430. The molecule has 0 radical (unpaired) electrons. The van der Waals surface area contributed by atoms with Crippen molar-refractivity contribution in [1.82, 2.24) is 0 Å². The standard InChI is InChI=1S/C23H46O5S/c1-4-5-6-7-8-9-10-11-12-13-14-15-16-17-18-19-20-23(24,21-22(2)3)28-29(25,26)27/h11-12,22,24H,4-10,13-21H2,1-3H3,(H,25,26,27)/b12-11-. The van der Waals surface area contributed by atoms with Crippen LogP contribution in [0.2, 0.25) is 0 Å². The molecular weight excluding hydrogens is 388 g/mol. The SMILES string of the molecule is CCCCCCCC/C=C\CCCCCCCCC(O)(CC(C)C)OS(=O)(=O)O. The molecule has 0 aromatic rings. The molecule has 0 saturated carbocycles. The van der Waals surface area contributed by atoms with Gasteiger partial charge in [0.25, 0.3) is 0 Å². The van der Waals surface area contributed by atoms with E-state index in [9.17, 15) is 13.5 Å². The molecule has 174 valence electrons. The number of rotatable bonds is 20. The highest BCUT2D eigenvalue weighted by Gasteiger charge is 2.33. The van der Waals surface area contributed by atoms with Crippen LogP contribution in [-0.4, -0.2) is 23.9 Å². The van der Waals surface area contributed by atoms with E-state index in [1.807, 2.05) is 13.8 Å². The summed E-state index contributed by atoms with van der Waals surface area (Å²) in [6.45, 7) is 6.00. The minimum absolute atomic E-state index is 0.0656. The van der Waals surface area contributed by atoms with Gasteiger partial charge in [-0.15, -0.1) is 0 Å². The van der Waals surface area contributed by atoms with E-state index in [0.717, 1.165) is 25.7 Å². The smallest absolute Gasteiger partial charge is 0.364 e. The first-order chi connectivity index (χ1) is 13.7. The van der Waals surface area contributed by atoms with Crippen LogP contribution in [0.4, 0.5) is 0 Å². The fourth-order valence-electron chi connectivity index (χ4n) is 3.66. The van der Waals surface area contributed by atoms with Crippen LogP contribution in [0.3, 0.4) is 0 Å². The largest absolute Gasteiger partial charge is 0.400 e. The highest BCUT2D eigenvalue weighted by atomic mass is 32.3. The molecule has 0 amide bonds. The fourth-order valence-corrected chi connectivity index (χ4v) is 4.20. The van der Waals surface area contributed by atoms with Gasteiger partial charge in [-0.2, -0.15) is 8.42 Å². The Morgan fingerprint density at radius 1 is 0.828 bits per heavy atom. The number of aliphatic hydroxyl groups is 1. The van der Waals surface area contributed by atoms with E-state index < -0.39 is 16.2 Å². The number of allylic oxidation sites excluding steroid dienone is 2. The van der Waals surface area contributed by atoms with Crippen molar-refractivity contribution in [2.45, 2.75) is 129 Å². The summed E-state index contributed by atoms with van der Waals surface area (Å²) in [5.74, 6) is -1.74. The second-order valence-electron chi connectivity index (χ2n) is 8.74. The van der Waals surface area contributed by atoms with Crippen LogP contribution < -0.4 is 0 Å². The molecule has 0 rings (SSSR count). The number of hydrogen-bond acceptors (Lipinski definition) is 4. The molecule has 0 aromatic carbocycles. The first-order valence-corrected chi connectivity index (χ1v) is 13.1. The molecule has 0 aliphatic heterocycles. The summed E-state index contributed by atoms with van der Waals surface area (Å²) in [4.78, 5) is 0. The molecule has 2 N–H and O–H groups in total. The summed E-state index contributed by atoms with van der Waals surface area (Å²) in [7, 11) is -4.66. The minimum atomic E-state index is -4.66. The van der Waals surface area contributed by atoms with Crippen LogP contribution in [0.1, 0.15) is 124 Å². The molecule has 29 heavy (non-hydrogen) atoms. The molecule has 1 atom stereocenters. The van der Waals surface area contributed by atoms with E-state index in [0.29, 0.717) is 6.42 Å². The average Bonchev–Trinajstić information content (AvgIpc) is 2.59. The second-order valence-corrected chi connectivity index (χ2v) is 9.77. The van der Waals surface area contributed by atoms with Gasteiger partial charge < -0.3 is 5.11 Å². The summed E-state index contributed by atoms with van der Waals surface area (Å²) >= 11 is 0. The average molecular weight is 435 g/mol. The predicted molar refractivity (Wildman–Crippen MR) is 121 cm³/mol. The Balaban J connectivity index is 3.67. The first kappa shape index (κ1) is 28.6. The van der Waals surface area contributed by atoms with Gasteiger partial charge >= 0.3 is 10.4 Å². The van der Waals surface area contributed by atoms with Crippen LogP contribution in [0.25, 0.3) is 0 Å². The summed E-state index contributed by atoms with van der Waals surface area (Å²) in [6.07, 6.45) is 21.7. The molecule has 0 heterocycles. The Morgan fingerprint density at radius 3 is 1.72 bits per heavy atom. The zero-order valence-corrected chi connectivity index (χ0v) is 19.9. The molecule has 0 bridgehead atoms. The highest BCUT2D eigenvalue weighted by Crippen LogP contribution is 2.27. The van der Waals surface area contributed by atoms with Gasteiger partial charge in [-0.1, -0.05) is 90.7 Å². The molecule has 0 aromatic heterocycles. The highest BCUT2D eigenvalue weighted by molar-refractivity contribution is 7.80. The van der Waals surface area contributed by atoms with E-state index in [-0.39, 0.29) is 18.8 Å². The number of unbranched alkanes of at least 4 members (excludes halogenated alkanes) is 12. The Bertz CT molecular complexity index is 501. The van der Waals surface area contributed by atoms with E-state index in [1.54, 1.807) is 0 Å². The van der Waals surface area contributed by atoms with Gasteiger partial charge in [0.05, 0.1) is 0 Å². The molecule has 6 heteroatoms. The lowest BCUT2D eigenvalue weighted by Crippen LogP contribution is -2.36. The summed E-state index contributed by atoms with van der Waals surface area (Å²) < 4.78 is 35.4. The van der Waals surface area contributed by atoms with Gasteiger partial charge in [0, 0.05) is 12.8 Å². The molecule has 0 fully saturated rings. The maximum absolute atomic E-state index is 11.0. The molecule has 0 aliphatic carbocycles. The zero-order chi connectivity index (χ0) is 22.0.